The van der Waals surface area contributed by atoms with E-state index in [1.165, 1.54) is 13.8 Å². The molecule has 0 rings (SSSR count). The summed E-state index contributed by atoms with van der Waals surface area (Å²) in [5.74, 6) is 0. The second kappa shape index (κ2) is 3.65. The molecule has 11 heavy (non-hydrogen) atoms. The fourth-order valence-electron chi connectivity index (χ4n) is 0.478. The maximum absolute atomic E-state index is 10.9. The second-order valence-corrected chi connectivity index (χ2v) is 4.08. The van der Waals surface area contributed by atoms with Crippen LogP contribution in [0.5, 0.6) is 0 Å². The molecule has 0 aliphatic heterocycles. The van der Waals surface area contributed by atoms with Crippen LogP contribution in [0.3, 0.4) is 0 Å². The van der Waals surface area contributed by atoms with Crippen LogP contribution in [0, 0.1) is 0 Å². The molecule has 5 nitrogen and oxygen atoms in total. The lowest BCUT2D eigenvalue weighted by molar-refractivity contribution is -0.108. The molecule has 0 saturated carbocycles. The fourth-order valence-corrected chi connectivity index (χ4v) is 1.43. The maximum Gasteiger partial charge on any atom is 0.386 e. The third-order valence-corrected chi connectivity index (χ3v) is 3.06. The summed E-state index contributed by atoms with van der Waals surface area (Å²) in [4.78, 5) is 8.88. The van der Waals surface area contributed by atoms with Gasteiger partial charge in [0.1, 0.15) is 0 Å². The Labute approximate surface area is 65.2 Å². The zero-order valence-corrected chi connectivity index (χ0v) is 7.41. The van der Waals surface area contributed by atoms with Crippen LogP contribution in [0.4, 0.5) is 0 Å². The molecule has 3 N–H and O–H groups in total. The Balaban J connectivity index is 4.40. The van der Waals surface area contributed by atoms with Crippen molar-refractivity contribution >= 4 is 7.60 Å². The van der Waals surface area contributed by atoms with Gasteiger partial charge in [-0.25, -0.2) is 0 Å². The van der Waals surface area contributed by atoms with Gasteiger partial charge in [-0.2, -0.15) is 0 Å². The number of hydrogen-bond donors (Lipinski definition) is 3. The molecule has 68 valence electrons. The van der Waals surface area contributed by atoms with Crippen LogP contribution in [0.2, 0.25) is 0 Å². The lowest BCUT2D eigenvalue weighted by Crippen LogP contribution is -2.27. The van der Waals surface area contributed by atoms with Crippen molar-refractivity contribution in [1.82, 2.24) is 0 Å². The van der Waals surface area contributed by atoms with Crippen molar-refractivity contribution in [1.29, 1.82) is 0 Å². The first-order chi connectivity index (χ1) is 4.87. The van der Waals surface area contributed by atoms with E-state index in [0.29, 0.717) is 0 Å². The summed E-state index contributed by atoms with van der Waals surface area (Å²) in [6.07, 6.45) is -0.249. The van der Waals surface area contributed by atoms with Crippen LogP contribution in [0.15, 0.2) is 0 Å². The minimum Gasteiger partial charge on any atom is -0.356 e. The molecule has 0 spiro atoms. The molecule has 1 unspecified atom stereocenters. The van der Waals surface area contributed by atoms with Crippen LogP contribution in [-0.2, 0) is 9.09 Å². The fraction of sp³-hybridized carbons (Fsp3) is 1.00. The summed E-state index contributed by atoms with van der Waals surface area (Å²) in [5.41, 5.74) is -2.62. The average Bonchev–Trinajstić information content (AvgIpc) is 1.87. The van der Waals surface area contributed by atoms with Gasteiger partial charge < -0.3 is 19.6 Å². The van der Waals surface area contributed by atoms with Gasteiger partial charge in [0.2, 0.25) is 0 Å². The van der Waals surface area contributed by atoms with Crippen molar-refractivity contribution in [2.24, 2.45) is 0 Å². The molecular formula is C5H13O5P. The largest absolute Gasteiger partial charge is 0.386 e. The Morgan fingerprint density at radius 3 is 2.18 bits per heavy atom. The molecule has 0 radical (unpaired) electrons. The summed E-state index contributed by atoms with van der Waals surface area (Å²) in [6, 6.07) is 0. The monoisotopic (exact) mass is 184 g/mol. The lowest BCUT2D eigenvalue weighted by atomic mass is 10.5. The minimum absolute atomic E-state index is 0.0311. The lowest BCUT2D eigenvalue weighted by Gasteiger charge is -2.24. The van der Waals surface area contributed by atoms with Crippen molar-refractivity contribution in [3.63, 3.8) is 0 Å². The summed E-state index contributed by atoms with van der Waals surface area (Å²) < 4.78 is 15.2. The highest BCUT2D eigenvalue weighted by molar-refractivity contribution is 7.54. The quantitative estimate of drug-likeness (QED) is 0.430. The molecule has 0 amide bonds. The van der Waals surface area contributed by atoms with Crippen molar-refractivity contribution in [2.45, 2.75) is 25.8 Å². The summed E-state index contributed by atoms with van der Waals surface area (Å²) in [6.45, 7) is 2.84. The van der Waals surface area contributed by atoms with Crippen LogP contribution < -0.4 is 0 Å². The Kier molecular flexibility index (Phi) is 3.67. The van der Waals surface area contributed by atoms with Crippen LogP contribution in [0.25, 0.3) is 0 Å². The van der Waals surface area contributed by atoms with Gasteiger partial charge in [-0.15, -0.1) is 0 Å². The summed E-state index contributed by atoms with van der Waals surface area (Å²) in [5, 5.41) is 17.8. The molecule has 0 aliphatic carbocycles. The predicted molar refractivity (Wildman–Crippen MR) is 38.9 cm³/mol. The van der Waals surface area contributed by atoms with Crippen molar-refractivity contribution in [2.75, 3.05) is 6.61 Å². The van der Waals surface area contributed by atoms with E-state index in [4.69, 9.17) is 15.1 Å². The third-order valence-electron chi connectivity index (χ3n) is 1.23. The minimum atomic E-state index is -4.28. The summed E-state index contributed by atoms with van der Waals surface area (Å²) >= 11 is 0. The topological polar surface area (TPSA) is 87.0 Å². The average molecular weight is 184 g/mol. The standard InChI is InChI=1S/C5H13O5P/c1-3-5(6,7)11(8,9)10-4-2/h6-7H,3-4H2,1-2H3,(H,8,9). The first-order valence-corrected chi connectivity index (χ1v) is 4.87. The van der Waals surface area contributed by atoms with Crippen LogP contribution >= 0.6 is 7.60 Å². The van der Waals surface area contributed by atoms with Crippen molar-refractivity contribution < 1.29 is 24.2 Å². The maximum atomic E-state index is 10.9. The first kappa shape index (κ1) is 11.1. The van der Waals surface area contributed by atoms with E-state index in [1.54, 1.807) is 0 Å². The van der Waals surface area contributed by atoms with Crippen LogP contribution in [0.1, 0.15) is 20.3 Å². The van der Waals surface area contributed by atoms with Crippen molar-refractivity contribution in [3.05, 3.63) is 0 Å². The third kappa shape index (κ3) is 2.54. The zero-order chi connectivity index (χ0) is 9.12. The van der Waals surface area contributed by atoms with Crippen molar-refractivity contribution in [3.8, 4) is 0 Å². The first-order valence-electron chi connectivity index (χ1n) is 3.29. The molecule has 0 heterocycles. The second-order valence-electron chi connectivity index (χ2n) is 2.07. The highest BCUT2D eigenvalue weighted by atomic mass is 31.2. The van der Waals surface area contributed by atoms with Crippen LogP contribution in [-0.4, -0.2) is 27.2 Å². The molecule has 0 aromatic carbocycles. The highest BCUT2D eigenvalue weighted by Crippen LogP contribution is 2.53. The number of hydrogen-bond acceptors (Lipinski definition) is 4. The molecule has 0 aromatic heterocycles. The Hall–Kier alpha value is 0.0700. The van der Waals surface area contributed by atoms with E-state index < -0.39 is 13.1 Å². The molecular weight excluding hydrogens is 171 g/mol. The van der Waals surface area contributed by atoms with E-state index in [0.717, 1.165) is 0 Å². The van der Waals surface area contributed by atoms with Gasteiger partial charge in [-0.3, -0.25) is 4.57 Å². The van der Waals surface area contributed by atoms with Gasteiger partial charge in [0, 0.05) is 6.42 Å². The van der Waals surface area contributed by atoms with Gasteiger partial charge >= 0.3 is 7.60 Å². The Morgan fingerprint density at radius 2 is 1.91 bits per heavy atom. The van der Waals surface area contributed by atoms with Gasteiger partial charge in [-0.1, -0.05) is 6.92 Å². The summed E-state index contributed by atoms with van der Waals surface area (Å²) in [7, 11) is -4.28. The predicted octanol–water partition coefficient (Wildman–Crippen LogP) is 0.257. The van der Waals surface area contributed by atoms with E-state index >= 15 is 0 Å². The Morgan fingerprint density at radius 1 is 1.45 bits per heavy atom. The van der Waals surface area contributed by atoms with Gasteiger partial charge in [0.15, 0.2) is 0 Å². The number of rotatable bonds is 4. The van der Waals surface area contributed by atoms with E-state index in [2.05, 4.69) is 4.52 Å². The van der Waals surface area contributed by atoms with Gasteiger partial charge in [0.05, 0.1) is 6.61 Å². The Bertz CT molecular complexity index is 166. The normalized spacial score (nSPS) is 17.9. The number of aliphatic hydroxyl groups is 2. The molecule has 0 aromatic rings. The van der Waals surface area contributed by atoms with E-state index in [-0.39, 0.29) is 13.0 Å². The SMILES string of the molecule is CCOP(=O)(O)C(O)(O)CC. The molecule has 1 atom stereocenters. The zero-order valence-electron chi connectivity index (χ0n) is 6.52. The van der Waals surface area contributed by atoms with E-state index in [9.17, 15) is 4.57 Å². The highest BCUT2D eigenvalue weighted by Gasteiger charge is 2.44. The molecule has 0 aliphatic rings. The van der Waals surface area contributed by atoms with Gasteiger partial charge in [0.25, 0.3) is 5.53 Å². The van der Waals surface area contributed by atoms with E-state index in [1.807, 2.05) is 0 Å². The molecule has 0 saturated heterocycles. The smallest absolute Gasteiger partial charge is 0.356 e. The molecule has 0 fully saturated rings. The van der Waals surface area contributed by atoms with Gasteiger partial charge in [-0.05, 0) is 6.92 Å². The molecule has 0 bridgehead atoms. The molecule has 6 heteroatoms.